The van der Waals surface area contributed by atoms with Gasteiger partial charge in [-0.25, -0.2) is 9.78 Å². The normalized spacial score (nSPS) is 12.0. The van der Waals surface area contributed by atoms with Crippen LogP contribution in [0.25, 0.3) is 11.3 Å². The van der Waals surface area contributed by atoms with E-state index in [2.05, 4.69) is 33.7 Å². The van der Waals surface area contributed by atoms with E-state index in [1.54, 1.807) is 11.8 Å². The second-order valence-corrected chi connectivity index (χ2v) is 6.51. The average molecular weight is 315 g/mol. The number of amides is 2. The molecule has 1 aliphatic rings. The number of nitrogens with one attached hydrogen (secondary N) is 2. The second-order valence-electron chi connectivity index (χ2n) is 4.41. The molecule has 2 amide bonds. The number of rotatable bonds is 3. The predicted octanol–water partition coefficient (Wildman–Crippen LogP) is 3.56. The van der Waals surface area contributed by atoms with Gasteiger partial charge >= 0.3 is 6.03 Å². The molecule has 0 saturated carbocycles. The summed E-state index contributed by atoms with van der Waals surface area (Å²) < 4.78 is 0. The van der Waals surface area contributed by atoms with E-state index in [-0.39, 0.29) is 6.03 Å². The number of hydrogen-bond donors (Lipinski definition) is 2. The first kappa shape index (κ1) is 14.0. The van der Waals surface area contributed by atoms with Crippen LogP contribution in [0.15, 0.2) is 29.2 Å². The molecule has 4 nitrogen and oxygen atoms in total. The van der Waals surface area contributed by atoms with Crippen molar-refractivity contribution < 1.29 is 4.79 Å². The maximum atomic E-state index is 11.7. The van der Waals surface area contributed by atoms with E-state index in [1.807, 2.05) is 12.1 Å². The zero-order valence-corrected chi connectivity index (χ0v) is 12.8. The zero-order valence-electron chi connectivity index (χ0n) is 11.2. The molecule has 2 aromatic rings. The Morgan fingerprint density at radius 1 is 1.43 bits per heavy atom. The lowest BCUT2D eigenvalue weighted by molar-refractivity contribution is 0.252. The molecular formula is C15H13N3OS2. The zero-order chi connectivity index (χ0) is 14.7. The maximum Gasteiger partial charge on any atom is 0.321 e. The number of urea groups is 1. The summed E-state index contributed by atoms with van der Waals surface area (Å²) in [6.45, 7) is 0.464. The molecule has 0 fully saturated rings. The highest BCUT2D eigenvalue weighted by atomic mass is 32.2. The number of thioether (sulfide) groups is 1. The third-order valence-electron chi connectivity index (χ3n) is 2.97. The standard InChI is InChI=1S/C15H13N3OS2/c1-2-3-8-16-14(19)18-15-17-13-10-6-4-5-7-11(10)20-9-12(13)21-15/h1,4-7H,3,8-9H2,(H2,16,17,18,19). The van der Waals surface area contributed by atoms with E-state index in [4.69, 9.17) is 6.42 Å². The molecule has 0 radical (unpaired) electrons. The van der Waals surface area contributed by atoms with Crippen LogP contribution in [-0.4, -0.2) is 17.6 Å². The van der Waals surface area contributed by atoms with Gasteiger partial charge in [-0.2, -0.15) is 0 Å². The van der Waals surface area contributed by atoms with Crippen LogP contribution in [0, 0.1) is 12.3 Å². The van der Waals surface area contributed by atoms with Crippen LogP contribution >= 0.6 is 23.1 Å². The summed E-state index contributed by atoms with van der Waals surface area (Å²) in [6.07, 6.45) is 5.66. The molecule has 2 N–H and O–H groups in total. The van der Waals surface area contributed by atoms with Crippen LogP contribution in [-0.2, 0) is 5.75 Å². The first-order chi connectivity index (χ1) is 10.3. The monoisotopic (exact) mass is 315 g/mol. The van der Waals surface area contributed by atoms with Gasteiger partial charge in [-0.15, -0.1) is 35.4 Å². The highest BCUT2D eigenvalue weighted by molar-refractivity contribution is 7.98. The molecule has 21 heavy (non-hydrogen) atoms. The Hall–Kier alpha value is -1.97. The molecule has 3 rings (SSSR count). The minimum atomic E-state index is -0.266. The molecule has 0 saturated heterocycles. The van der Waals surface area contributed by atoms with E-state index in [1.165, 1.54) is 21.1 Å². The summed E-state index contributed by atoms with van der Waals surface area (Å²) in [4.78, 5) is 18.7. The van der Waals surface area contributed by atoms with Gasteiger partial charge in [0.05, 0.1) is 5.69 Å². The number of fused-ring (bicyclic) bond motifs is 3. The molecule has 1 aliphatic heterocycles. The molecule has 1 aromatic heterocycles. The van der Waals surface area contributed by atoms with Crippen molar-refractivity contribution >= 4 is 34.3 Å². The van der Waals surface area contributed by atoms with E-state index in [0.29, 0.717) is 18.1 Å². The molecule has 6 heteroatoms. The van der Waals surface area contributed by atoms with Crippen LogP contribution in [0.1, 0.15) is 11.3 Å². The summed E-state index contributed by atoms with van der Waals surface area (Å²) in [5.41, 5.74) is 2.12. The van der Waals surface area contributed by atoms with Crippen molar-refractivity contribution in [2.75, 3.05) is 11.9 Å². The molecule has 1 aromatic carbocycles. The molecular weight excluding hydrogens is 302 g/mol. The van der Waals surface area contributed by atoms with Crippen molar-refractivity contribution in [3.8, 4) is 23.6 Å². The lowest BCUT2D eigenvalue weighted by atomic mass is 10.1. The van der Waals surface area contributed by atoms with Gasteiger partial charge in [0.25, 0.3) is 0 Å². The van der Waals surface area contributed by atoms with Crippen molar-refractivity contribution in [1.29, 1.82) is 0 Å². The smallest absolute Gasteiger partial charge is 0.321 e. The summed E-state index contributed by atoms with van der Waals surface area (Å²) in [7, 11) is 0. The number of anilines is 1. The number of hydrogen-bond acceptors (Lipinski definition) is 4. The Kier molecular flexibility index (Phi) is 4.13. The van der Waals surface area contributed by atoms with Crippen molar-refractivity contribution in [3.05, 3.63) is 29.1 Å². The van der Waals surface area contributed by atoms with Crippen molar-refractivity contribution in [2.24, 2.45) is 0 Å². The third-order valence-corrected chi connectivity index (χ3v) is 5.23. The first-order valence-electron chi connectivity index (χ1n) is 6.48. The summed E-state index contributed by atoms with van der Waals surface area (Å²) in [6, 6.07) is 7.94. The fourth-order valence-corrected chi connectivity index (χ4v) is 4.13. The minimum Gasteiger partial charge on any atom is -0.337 e. The van der Waals surface area contributed by atoms with Crippen molar-refractivity contribution in [2.45, 2.75) is 17.1 Å². The summed E-state index contributed by atoms with van der Waals surface area (Å²) in [5.74, 6) is 3.37. The van der Waals surface area contributed by atoms with Crippen molar-refractivity contribution in [3.63, 3.8) is 0 Å². The molecule has 106 valence electrons. The SMILES string of the molecule is C#CCCNC(=O)Nc1nc2c(s1)CSc1ccccc1-2. The van der Waals surface area contributed by atoms with E-state index in [0.717, 1.165) is 17.0 Å². The van der Waals surface area contributed by atoms with Crippen LogP contribution in [0.2, 0.25) is 0 Å². The largest absolute Gasteiger partial charge is 0.337 e. The number of terminal acetylenes is 1. The molecule has 0 atom stereocenters. The van der Waals surface area contributed by atoms with Crippen LogP contribution in [0.5, 0.6) is 0 Å². The van der Waals surface area contributed by atoms with Crippen LogP contribution < -0.4 is 10.6 Å². The lowest BCUT2D eigenvalue weighted by Gasteiger charge is -2.13. The molecule has 0 aliphatic carbocycles. The van der Waals surface area contributed by atoms with Crippen LogP contribution in [0.3, 0.4) is 0 Å². The quantitative estimate of drug-likeness (QED) is 0.672. The van der Waals surface area contributed by atoms with Gasteiger partial charge in [-0.1, -0.05) is 18.2 Å². The van der Waals surface area contributed by atoms with E-state index in [9.17, 15) is 4.79 Å². The van der Waals surface area contributed by atoms with Gasteiger partial charge in [-0.3, -0.25) is 5.32 Å². The predicted molar refractivity (Wildman–Crippen MR) is 87.6 cm³/mol. The summed E-state index contributed by atoms with van der Waals surface area (Å²) >= 11 is 3.32. The topological polar surface area (TPSA) is 54.0 Å². The Morgan fingerprint density at radius 2 is 2.29 bits per heavy atom. The highest BCUT2D eigenvalue weighted by Gasteiger charge is 2.21. The number of thiazole rings is 1. The Labute approximate surface area is 131 Å². The number of carbonyl (C=O) groups is 1. The van der Waals surface area contributed by atoms with Gasteiger partial charge in [0, 0.05) is 34.1 Å². The van der Waals surface area contributed by atoms with Gasteiger partial charge in [0.15, 0.2) is 5.13 Å². The highest BCUT2D eigenvalue weighted by Crippen LogP contribution is 2.44. The van der Waals surface area contributed by atoms with Gasteiger partial charge < -0.3 is 5.32 Å². The molecule has 0 unspecified atom stereocenters. The van der Waals surface area contributed by atoms with Crippen molar-refractivity contribution in [1.82, 2.24) is 10.3 Å². The minimum absolute atomic E-state index is 0.266. The number of aromatic nitrogens is 1. The summed E-state index contributed by atoms with van der Waals surface area (Å²) in [5, 5.41) is 6.09. The van der Waals surface area contributed by atoms with Gasteiger partial charge in [-0.05, 0) is 6.07 Å². The molecule has 0 spiro atoms. The van der Waals surface area contributed by atoms with E-state index < -0.39 is 0 Å². The lowest BCUT2D eigenvalue weighted by Crippen LogP contribution is -2.29. The third kappa shape index (κ3) is 3.04. The Balaban J connectivity index is 1.75. The van der Waals surface area contributed by atoms with E-state index >= 15 is 0 Å². The fraction of sp³-hybridized carbons (Fsp3) is 0.200. The van der Waals surface area contributed by atoms with Gasteiger partial charge in [0.1, 0.15) is 0 Å². The van der Waals surface area contributed by atoms with Gasteiger partial charge in [0.2, 0.25) is 0 Å². The average Bonchev–Trinajstić information content (AvgIpc) is 2.90. The fourth-order valence-electron chi connectivity index (χ4n) is 2.03. The molecule has 2 heterocycles. The number of nitrogens with zero attached hydrogens (tertiary/aromatic N) is 1. The van der Waals surface area contributed by atoms with Crippen LogP contribution in [0.4, 0.5) is 9.93 Å². The Bertz CT molecular complexity index is 718. The Morgan fingerprint density at radius 3 is 3.14 bits per heavy atom. The molecule has 0 bridgehead atoms. The number of carbonyl (C=O) groups excluding carboxylic acids is 1. The maximum absolute atomic E-state index is 11.7. The second kappa shape index (κ2) is 6.20. The number of benzene rings is 1. The first-order valence-corrected chi connectivity index (χ1v) is 8.28.